The van der Waals surface area contributed by atoms with E-state index in [9.17, 15) is 4.79 Å². The summed E-state index contributed by atoms with van der Waals surface area (Å²) in [6, 6.07) is 8.20. The van der Waals surface area contributed by atoms with Crippen LogP contribution in [-0.4, -0.2) is 51.6 Å². The fourth-order valence-corrected chi connectivity index (χ4v) is 4.86. The maximum absolute atomic E-state index is 12.4. The van der Waals surface area contributed by atoms with E-state index in [1.807, 2.05) is 36.7 Å². The number of imidazole rings is 1. The molecular weight excluding hydrogens is 382 g/mol. The summed E-state index contributed by atoms with van der Waals surface area (Å²) in [5.41, 5.74) is 1.42. The van der Waals surface area contributed by atoms with Crippen molar-refractivity contribution < 1.29 is 13.9 Å². The summed E-state index contributed by atoms with van der Waals surface area (Å²) in [6.07, 6.45) is 8.80. The number of rotatable bonds is 6. The van der Waals surface area contributed by atoms with E-state index in [0.29, 0.717) is 17.5 Å². The number of hydrogen-bond acceptors (Lipinski definition) is 6. The van der Waals surface area contributed by atoms with Gasteiger partial charge in [0.1, 0.15) is 17.8 Å². The van der Waals surface area contributed by atoms with Crippen LogP contribution in [0.4, 0.5) is 0 Å². The lowest BCUT2D eigenvalue weighted by Crippen LogP contribution is -2.52. The number of carbonyl (C=O) groups is 1. The maximum Gasteiger partial charge on any atom is 0.273 e. The van der Waals surface area contributed by atoms with Crippen LogP contribution < -0.4 is 10.1 Å². The largest absolute Gasteiger partial charge is 0.497 e. The van der Waals surface area contributed by atoms with Gasteiger partial charge in [-0.3, -0.25) is 9.69 Å². The smallest absolute Gasteiger partial charge is 0.273 e. The molecule has 1 aliphatic carbocycles. The van der Waals surface area contributed by atoms with Crippen LogP contribution in [0.25, 0.3) is 5.69 Å². The zero-order valence-electron chi connectivity index (χ0n) is 16.9. The highest BCUT2D eigenvalue weighted by atomic mass is 16.5. The Balaban J connectivity index is 1.25. The lowest BCUT2D eigenvalue weighted by atomic mass is 9.92. The number of fused-ring (bicyclic) bond motifs is 2. The molecule has 0 spiro atoms. The molecule has 5 rings (SSSR count). The first-order valence-corrected chi connectivity index (χ1v) is 10.3. The summed E-state index contributed by atoms with van der Waals surface area (Å²) in [7, 11) is 1.67. The Bertz CT molecular complexity index is 984. The topological polar surface area (TPSA) is 85.4 Å². The van der Waals surface area contributed by atoms with Crippen LogP contribution in [-0.2, 0) is 6.54 Å². The van der Waals surface area contributed by atoms with Gasteiger partial charge in [0.25, 0.3) is 5.91 Å². The molecule has 8 nitrogen and oxygen atoms in total. The van der Waals surface area contributed by atoms with Crippen molar-refractivity contribution in [1.82, 2.24) is 24.8 Å². The lowest BCUT2D eigenvalue weighted by Gasteiger charge is -2.38. The predicted octanol–water partition coefficient (Wildman–Crippen LogP) is 2.51. The van der Waals surface area contributed by atoms with Crippen molar-refractivity contribution in [1.29, 1.82) is 0 Å². The van der Waals surface area contributed by atoms with E-state index in [2.05, 4.69) is 24.8 Å². The number of piperidine rings is 1. The number of amides is 1. The Morgan fingerprint density at radius 2 is 1.97 bits per heavy atom. The normalized spacial score (nSPS) is 23.4. The van der Waals surface area contributed by atoms with E-state index in [4.69, 9.17) is 9.15 Å². The Morgan fingerprint density at radius 1 is 1.20 bits per heavy atom. The number of aromatic nitrogens is 3. The van der Waals surface area contributed by atoms with Gasteiger partial charge in [0.15, 0.2) is 12.1 Å². The number of nitrogens with zero attached hydrogens (tertiary/aromatic N) is 4. The van der Waals surface area contributed by atoms with E-state index >= 15 is 0 Å². The second-order valence-electron chi connectivity index (χ2n) is 8.08. The first-order valence-electron chi connectivity index (χ1n) is 10.3. The third-order valence-corrected chi connectivity index (χ3v) is 6.31. The molecular formula is C22H25N5O3. The molecule has 2 fully saturated rings. The number of nitrogens with one attached hydrogen (secondary N) is 1. The minimum atomic E-state index is -0.144. The number of hydrogen-bond donors (Lipinski definition) is 1. The zero-order chi connectivity index (χ0) is 20.5. The molecule has 1 aliphatic heterocycles. The molecule has 1 N–H and O–H groups in total. The van der Waals surface area contributed by atoms with Crippen molar-refractivity contribution in [2.24, 2.45) is 11.8 Å². The second kappa shape index (κ2) is 7.95. The third-order valence-electron chi connectivity index (χ3n) is 6.31. The lowest BCUT2D eigenvalue weighted by molar-refractivity contribution is 0.0815. The molecule has 3 aromatic rings. The quantitative estimate of drug-likeness (QED) is 0.676. The highest BCUT2D eigenvalue weighted by Crippen LogP contribution is 2.37. The summed E-state index contributed by atoms with van der Waals surface area (Å²) in [5, 5.41) is 3.19. The molecule has 3 atom stereocenters. The maximum atomic E-state index is 12.4. The number of carbonyl (C=O) groups excluding carboxylic acids is 1. The molecule has 1 amide bonds. The highest BCUT2D eigenvalue weighted by Gasteiger charge is 2.43. The number of ether oxygens (including phenoxy) is 1. The van der Waals surface area contributed by atoms with Crippen molar-refractivity contribution >= 4 is 5.91 Å². The van der Waals surface area contributed by atoms with Gasteiger partial charge in [-0.2, -0.15) is 0 Å². The Morgan fingerprint density at radius 3 is 2.63 bits per heavy atom. The van der Waals surface area contributed by atoms with E-state index in [1.165, 1.54) is 12.7 Å². The summed E-state index contributed by atoms with van der Waals surface area (Å²) in [6.45, 7) is 2.70. The molecule has 1 saturated heterocycles. The molecule has 1 aromatic carbocycles. The van der Waals surface area contributed by atoms with Crippen LogP contribution in [0.3, 0.4) is 0 Å². The van der Waals surface area contributed by atoms with Crippen LogP contribution in [0.15, 0.2) is 53.7 Å². The van der Waals surface area contributed by atoms with Crippen LogP contribution in [0.5, 0.6) is 5.75 Å². The predicted molar refractivity (Wildman–Crippen MR) is 109 cm³/mol. The summed E-state index contributed by atoms with van der Waals surface area (Å²) in [4.78, 5) is 23.4. The molecule has 3 heterocycles. The summed E-state index contributed by atoms with van der Waals surface area (Å²) in [5.74, 6) is 2.61. The van der Waals surface area contributed by atoms with Gasteiger partial charge in [-0.05, 0) is 48.9 Å². The Labute approximate surface area is 174 Å². The molecule has 156 valence electrons. The number of oxazole rings is 1. The SMILES string of the molecule is COc1ccc(-n2ccnc2CN2C[C@H]3CC[C@@H](C2)C3NC(=O)c2cocn2)cc1. The Hall–Kier alpha value is -3.13. The molecule has 1 unspecified atom stereocenters. The van der Waals surface area contributed by atoms with Crippen LogP contribution in [0.2, 0.25) is 0 Å². The van der Waals surface area contributed by atoms with E-state index in [1.54, 1.807) is 7.11 Å². The van der Waals surface area contributed by atoms with Crippen LogP contribution in [0.1, 0.15) is 29.2 Å². The zero-order valence-corrected chi connectivity index (χ0v) is 16.9. The fourth-order valence-electron chi connectivity index (χ4n) is 4.86. The van der Waals surface area contributed by atoms with E-state index in [-0.39, 0.29) is 11.9 Å². The van der Waals surface area contributed by atoms with Gasteiger partial charge in [0, 0.05) is 37.2 Å². The average Bonchev–Trinajstić information content (AvgIpc) is 3.50. The molecule has 1 saturated carbocycles. The minimum absolute atomic E-state index is 0.144. The van der Waals surface area contributed by atoms with Crippen molar-refractivity contribution in [3.8, 4) is 11.4 Å². The molecule has 2 bridgehead atoms. The van der Waals surface area contributed by atoms with Gasteiger partial charge in [-0.25, -0.2) is 9.97 Å². The number of methoxy groups -OCH3 is 1. The minimum Gasteiger partial charge on any atom is -0.497 e. The van der Waals surface area contributed by atoms with E-state index < -0.39 is 0 Å². The second-order valence-corrected chi connectivity index (χ2v) is 8.08. The molecule has 2 aliphatic rings. The van der Waals surface area contributed by atoms with Crippen molar-refractivity contribution in [2.45, 2.75) is 25.4 Å². The van der Waals surface area contributed by atoms with E-state index in [0.717, 1.165) is 49.7 Å². The number of benzene rings is 1. The van der Waals surface area contributed by atoms with Gasteiger partial charge in [-0.1, -0.05) is 0 Å². The third kappa shape index (κ3) is 3.59. The van der Waals surface area contributed by atoms with Crippen molar-refractivity contribution in [2.75, 3.05) is 20.2 Å². The van der Waals surface area contributed by atoms with Crippen LogP contribution in [0, 0.1) is 11.8 Å². The number of likely N-dealkylation sites (tertiary alicyclic amines) is 1. The van der Waals surface area contributed by atoms with Gasteiger partial charge < -0.3 is 19.0 Å². The molecule has 0 radical (unpaired) electrons. The summed E-state index contributed by atoms with van der Waals surface area (Å²) < 4.78 is 12.3. The van der Waals surface area contributed by atoms with Crippen molar-refractivity contribution in [3.05, 3.63) is 60.8 Å². The Kier molecular flexibility index (Phi) is 5.00. The average molecular weight is 407 g/mol. The first kappa shape index (κ1) is 18.9. The van der Waals surface area contributed by atoms with Gasteiger partial charge in [0.05, 0.1) is 13.7 Å². The van der Waals surface area contributed by atoms with Gasteiger partial charge in [-0.15, -0.1) is 0 Å². The summed E-state index contributed by atoms with van der Waals surface area (Å²) >= 11 is 0. The highest BCUT2D eigenvalue weighted by molar-refractivity contribution is 5.92. The van der Waals surface area contributed by atoms with Crippen molar-refractivity contribution in [3.63, 3.8) is 0 Å². The van der Waals surface area contributed by atoms with Crippen LogP contribution >= 0.6 is 0 Å². The van der Waals surface area contributed by atoms with Gasteiger partial charge >= 0.3 is 0 Å². The molecule has 8 heteroatoms. The molecule has 30 heavy (non-hydrogen) atoms. The van der Waals surface area contributed by atoms with Gasteiger partial charge in [0.2, 0.25) is 0 Å². The molecule has 2 aromatic heterocycles. The standard InChI is InChI=1S/C22H25N5O3/c1-29-18-6-4-17(5-7-18)27-9-8-23-20(27)12-26-10-15-2-3-16(11-26)21(15)25-22(28)19-13-30-14-24-19/h4-9,13-16,21H,2-3,10-12H2,1H3,(H,25,28)/t15-,16+,21?. The monoisotopic (exact) mass is 407 g/mol. The first-order chi connectivity index (χ1) is 14.7. The fraction of sp³-hybridized carbons (Fsp3) is 0.409.